The third-order valence-electron chi connectivity index (χ3n) is 2.78. The normalized spacial score (nSPS) is 16.8. The SMILES string of the molecule is CCOc1cc(C=C2C(=O)OC(C)(C)OC2=O)cc(I)c1O. The number of aromatic hydroxyl groups is 1. The predicted molar refractivity (Wildman–Crippen MR) is 86.2 cm³/mol. The summed E-state index contributed by atoms with van der Waals surface area (Å²) in [5.74, 6) is -2.48. The maximum Gasteiger partial charge on any atom is 0.348 e. The van der Waals surface area contributed by atoms with Crippen molar-refractivity contribution in [2.24, 2.45) is 0 Å². The first-order valence-electron chi connectivity index (χ1n) is 6.57. The largest absolute Gasteiger partial charge is 0.504 e. The van der Waals surface area contributed by atoms with Gasteiger partial charge in [-0.1, -0.05) is 0 Å². The van der Waals surface area contributed by atoms with Gasteiger partial charge in [0.2, 0.25) is 0 Å². The highest BCUT2D eigenvalue weighted by Crippen LogP contribution is 2.34. The summed E-state index contributed by atoms with van der Waals surface area (Å²) in [4.78, 5) is 23.8. The second kappa shape index (κ2) is 6.15. The molecule has 1 fully saturated rings. The second-order valence-corrected chi connectivity index (χ2v) is 6.18. The number of hydrogen-bond donors (Lipinski definition) is 1. The van der Waals surface area contributed by atoms with E-state index in [1.807, 2.05) is 22.6 Å². The Balaban J connectivity index is 2.41. The first-order chi connectivity index (χ1) is 10.2. The quantitative estimate of drug-likeness (QED) is 0.352. The van der Waals surface area contributed by atoms with Crippen molar-refractivity contribution in [2.45, 2.75) is 26.6 Å². The zero-order valence-corrected chi connectivity index (χ0v) is 14.5. The van der Waals surface area contributed by atoms with Crippen molar-refractivity contribution >= 4 is 40.6 Å². The fraction of sp³-hybridized carbons (Fsp3) is 0.333. The van der Waals surface area contributed by atoms with Crippen LogP contribution in [-0.2, 0) is 19.1 Å². The van der Waals surface area contributed by atoms with Crippen molar-refractivity contribution in [3.63, 3.8) is 0 Å². The van der Waals surface area contributed by atoms with Crippen molar-refractivity contribution in [2.75, 3.05) is 6.61 Å². The number of ether oxygens (including phenoxy) is 3. The monoisotopic (exact) mass is 418 g/mol. The van der Waals surface area contributed by atoms with Crippen LogP contribution < -0.4 is 4.74 Å². The van der Waals surface area contributed by atoms with Gasteiger partial charge in [0.15, 0.2) is 11.5 Å². The van der Waals surface area contributed by atoms with Gasteiger partial charge in [0.1, 0.15) is 5.57 Å². The predicted octanol–water partition coefficient (Wildman–Crippen LogP) is 2.62. The fourth-order valence-electron chi connectivity index (χ4n) is 1.89. The number of carbonyl (C=O) groups is 2. The summed E-state index contributed by atoms with van der Waals surface area (Å²) < 4.78 is 15.9. The van der Waals surface area contributed by atoms with Gasteiger partial charge in [-0.05, 0) is 53.3 Å². The van der Waals surface area contributed by atoms with Crippen LogP contribution in [0.3, 0.4) is 0 Å². The van der Waals surface area contributed by atoms with Crippen LogP contribution in [0.1, 0.15) is 26.3 Å². The van der Waals surface area contributed by atoms with E-state index in [1.54, 1.807) is 13.0 Å². The van der Waals surface area contributed by atoms with Crippen molar-refractivity contribution in [3.05, 3.63) is 26.8 Å². The number of phenolic OH excluding ortho intramolecular Hbond substituents is 1. The van der Waals surface area contributed by atoms with Gasteiger partial charge >= 0.3 is 11.9 Å². The minimum atomic E-state index is -1.27. The molecule has 1 saturated heterocycles. The van der Waals surface area contributed by atoms with E-state index in [4.69, 9.17) is 14.2 Å². The van der Waals surface area contributed by atoms with Gasteiger partial charge in [-0.3, -0.25) is 0 Å². The van der Waals surface area contributed by atoms with Gasteiger partial charge in [0.25, 0.3) is 5.79 Å². The number of hydrogen-bond acceptors (Lipinski definition) is 6. The Hall–Kier alpha value is -1.77. The Morgan fingerprint density at radius 2 is 1.86 bits per heavy atom. The Labute approximate surface area is 141 Å². The van der Waals surface area contributed by atoms with Crippen molar-refractivity contribution < 1.29 is 28.9 Å². The van der Waals surface area contributed by atoms with E-state index in [-0.39, 0.29) is 17.1 Å². The van der Waals surface area contributed by atoms with Crippen LogP contribution in [-0.4, -0.2) is 29.4 Å². The fourth-order valence-corrected chi connectivity index (χ4v) is 2.51. The Bertz CT molecular complexity index is 640. The second-order valence-electron chi connectivity index (χ2n) is 5.02. The standard InChI is InChI=1S/C15H15IO6/c1-4-20-11-7-8(6-10(16)12(11)17)5-9-13(18)21-15(2,3)22-14(9)19/h5-7,17H,4H2,1-3H3. The van der Waals surface area contributed by atoms with Crippen LogP contribution in [0.2, 0.25) is 0 Å². The van der Waals surface area contributed by atoms with Crippen LogP contribution in [0.25, 0.3) is 6.08 Å². The summed E-state index contributed by atoms with van der Waals surface area (Å²) in [6, 6.07) is 3.15. The Morgan fingerprint density at radius 1 is 1.27 bits per heavy atom. The molecular weight excluding hydrogens is 403 g/mol. The lowest BCUT2D eigenvalue weighted by atomic mass is 10.1. The third kappa shape index (κ3) is 3.52. The van der Waals surface area contributed by atoms with E-state index in [0.717, 1.165) is 0 Å². The molecule has 0 bridgehead atoms. The maximum absolute atomic E-state index is 11.9. The van der Waals surface area contributed by atoms with E-state index in [9.17, 15) is 14.7 Å². The number of phenols is 1. The topological polar surface area (TPSA) is 82.1 Å². The summed E-state index contributed by atoms with van der Waals surface area (Å²) >= 11 is 1.93. The summed E-state index contributed by atoms with van der Waals surface area (Å²) in [6.45, 7) is 5.13. The Kier molecular flexibility index (Phi) is 4.64. The summed E-state index contributed by atoms with van der Waals surface area (Å²) in [6.07, 6.45) is 1.35. The molecule has 1 aromatic carbocycles. The summed E-state index contributed by atoms with van der Waals surface area (Å²) in [5.41, 5.74) is 0.317. The lowest BCUT2D eigenvalue weighted by Crippen LogP contribution is -2.41. The van der Waals surface area contributed by atoms with Gasteiger partial charge in [-0.15, -0.1) is 0 Å². The number of halogens is 1. The molecule has 1 aliphatic heterocycles. The molecule has 7 heteroatoms. The highest BCUT2D eigenvalue weighted by molar-refractivity contribution is 14.1. The minimum Gasteiger partial charge on any atom is -0.504 e. The molecule has 2 rings (SSSR count). The number of rotatable bonds is 3. The van der Waals surface area contributed by atoms with E-state index >= 15 is 0 Å². The van der Waals surface area contributed by atoms with Crippen molar-refractivity contribution in [1.82, 2.24) is 0 Å². The molecule has 0 atom stereocenters. The average Bonchev–Trinajstić information content (AvgIpc) is 2.38. The van der Waals surface area contributed by atoms with Gasteiger partial charge < -0.3 is 19.3 Å². The molecule has 0 aromatic heterocycles. The van der Waals surface area contributed by atoms with Gasteiger partial charge in [0.05, 0.1) is 10.2 Å². The zero-order chi connectivity index (χ0) is 16.5. The minimum absolute atomic E-state index is 0.0135. The van der Waals surface area contributed by atoms with Crippen molar-refractivity contribution in [1.29, 1.82) is 0 Å². The van der Waals surface area contributed by atoms with E-state index in [2.05, 4.69) is 0 Å². The molecule has 0 saturated carbocycles. The molecule has 6 nitrogen and oxygen atoms in total. The molecule has 0 aliphatic carbocycles. The number of carbonyl (C=O) groups excluding carboxylic acids is 2. The average molecular weight is 418 g/mol. The van der Waals surface area contributed by atoms with Crippen molar-refractivity contribution in [3.8, 4) is 11.5 Å². The highest BCUT2D eigenvalue weighted by Gasteiger charge is 2.38. The maximum atomic E-state index is 11.9. The van der Waals surface area contributed by atoms with Crippen LogP contribution in [0.5, 0.6) is 11.5 Å². The van der Waals surface area contributed by atoms with Gasteiger partial charge in [-0.2, -0.15) is 0 Å². The van der Waals surface area contributed by atoms with E-state index in [0.29, 0.717) is 15.7 Å². The number of esters is 2. The Morgan fingerprint density at radius 3 is 2.41 bits per heavy atom. The molecule has 1 aromatic rings. The van der Waals surface area contributed by atoms with Crippen LogP contribution in [0.4, 0.5) is 0 Å². The lowest BCUT2D eigenvalue weighted by molar-refractivity contribution is -0.222. The molecule has 1 aliphatic rings. The first-order valence-corrected chi connectivity index (χ1v) is 7.65. The molecule has 22 heavy (non-hydrogen) atoms. The molecule has 0 radical (unpaired) electrons. The van der Waals surface area contributed by atoms with Crippen LogP contribution in [0.15, 0.2) is 17.7 Å². The van der Waals surface area contributed by atoms with Crippen LogP contribution in [0, 0.1) is 3.57 Å². The number of cyclic esters (lactones) is 2. The molecular formula is C15H15IO6. The van der Waals surface area contributed by atoms with Gasteiger partial charge in [0, 0.05) is 13.8 Å². The van der Waals surface area contributed by atoms with Crippen LogP contribution >= 0.6 is 22.6 Å². The zero-order valence-electron chi connectivity index (χ0n) is 12.3. The number of benzene rings is 1. The molecule has 0 unspecified atom stereocenters. The van der Waals surface area contributed by atoms with E-state index in [1.165, 1.54) is 26.0 Å². The molecule has 1 N–H and O–H groups in total. The first kappa shape index (κ1) is 16.6. The summed E-state index contributed by atoms with van der Waals surface area (Å²) in [5, 5.41) is 9.90. The molecule has 0 amide bonds. The summed E-state index contributed by atoms with van der Waals surface area (Å²) in [7, 11) is 0. The molecule has 0 spiro atoms. The third-order valence-corrected chi connectivity index (χ3v) is 3.60. The molecule has 1 heterocycles. The lowest BCUT2D eigenvalue weighted by Gasteiger charge is -2.29. The smallest absolute Gasteiger partial charge is 0.348 e. The van der Waals surface area contributed by atoms with Gasteiger partial charge in [-0.25, -0.2) is 9.59 Å². The van der Waals surface area contributed by atoms with E-state index < -0.39 is 17.7 Å². The molecule has 118 valence electrons. The highest BCUT2D eigenvalue weighted by atomic mass is 127.